The zero-order chi connectivity index (χ0) is 9.35. The molecule has 1 aromatic carbocycles. The normalized spacial score (nSPS) is 11.8. The molecule has 1 rings (SSSR count). The summed E-state index contributed by atoms with van der Waals surface area (Å²) in [6, 6.07) is 6.21. The fourth-order valence-electron chi connectivity index (χ4n) is 1.12. The lowest BCUT2D eigenvalue weighted by molar-refractivity contribution is 0.568. The molecule has 0 saturated carbocycles. The van der Waals surface area contributed by atoms with Crippen LogP contribution in [0.3, 0.4) is 0 Å². The van der Waals surface area contributed by atoms with E-state index in [9.17, 15) is 4.80 Å². The lowest BCUT2D eigenvalue weighted by Crippen LogP contribution is -2.41. The van der Waals surface area contributed by atoms with Gasteiger partial charge in [0.2, 0.25) is 8.32 Å². The van der Waals surface area contributed by atoms with Crippen LogP contribution in [0.4, 0.5) is 0 Å². The summed E-state index contributed by atoms with van der Waals surface area (Å²) in [5.74, 6) is 0. The van der Waals surface area contributed by atoms with E-state index in [1.807, 2.05) is 19.2 Å². The Hall–Kier alpha value is -0.603. The first-order chi connectivity index (χ1) is 5.41. The maximum atomic E-state index is 9.84. The smallest absolute Gasteiger partial charge is 0.213 e. The number of hydrogen-bond donors (Lipinski definition) is 1. The summed E-state index contributed by atoms with van der Waals surface area (Å²) in [6.45, 7) is 8.05. The molecular weight excluding hydrogens is 164 g/mol. The van der Waals surface area contributed by atoms with E-state index >= 15 is 0 Å². The Kier molecular flexibility index (Phi) is 2.40. The number of rotatable bonds is 1. The van der Waals surface area contributed by atoms with Crippen LogP contribution in [-0.2, 0) is 0 Å². The average molecular weight is 180 g/mol. The van der Waals surface area contributed by atoms with E-state index in [0.717, 1.165) is 5.19 Å². The van der Waals surface area contributed by atoms with Gasteiger partial charge in [0.15, 0.2) is 0 Å². The number of hydrogen-bond acceptors (Lipinski definition) is 1. The van der Waals surface area contributed by atoms with Gasteiger partial charge < -0.3 is 4.80 Å². The predicted molar refractivity (Wildman–Crippen MR) is 55.3 cm³/mol. The average Bonchev–Trinajstić information content (AvgIpc) is 1.92. The van der Waals surface area contributed by atoms with Crippen molar-refractivity contribution in [3.05, 3.63) is 29.3 Å². The Morgan fingerprint density at radius 3 is 2.08 bits per heavy atom. The number of aryl methyl sites for hydroxylation is 2. The van der Waals surface area contributed by atoms with E-state index in [0.29, 0.717) is 0 Å². The van der Waals surface area contributed by atoms with E-state index in [4.69, 9.17) is 0 Å². The minimum Gasteiger partial charge on any atom is -0.428 e. The van der Waals surface area contributed by atoms with E-state index < -0.39 is 8.32 Å². The van der Waals surface area contributed by atoms with E-state index in [2.05, 4.69) is 26.0 Å². The van der Waals surface area contributed by atoms with Crippen LogP contribution in [0, 0.1) is 13.8 Å². The van der Waals surface area contributed by atoms with E-state index in [1.165, 1.54) is 11.1 Å². The molecule has 0 unspecified atom stereocenters. The third kappa shape index (κ3) is 1.96. The van der Waals surface area contributed by atoms with Crippen molar-refractivity contribution in [1.29, 1.82) is 0 Å². The van der Waals surface area contributed by atoms with Gasteiger partial charge in [0, 0.05) is 0 Å². The summed E-state index contributed by atoms with van der Waals surface area (Å²) in [7, 11) is -2.09. The molecule has 2 heteroatoms. The Bertz CT molecular complexity index is 286. The van der Waals surface area contributed by atoms with Crippen molar-refractivity contribution in [2.45, 2.75) is 26.9 Å². The van der Waals surface area contributed by atoms with Crippen molar-refractivity contribution in [1.82, 2.24) is 0 Å². The molecule has 0 saturated heterocycles. The van der Waals surface area contributed by atoms with Crippen molar-refractivity contribution in [2.75, 3.05) is 0 Å². The minimum atomic E-state index is -2.09. The van der Waals surface area contributed by atoms with Crippen molar-refractivity contribution in [3.63, 3.8) is 0 Å². The van der Waals surface area contributed by atoms with Crippen LogP contribution in [0.5, 0.6) is 0 Å². The molecule has 0 atom stereocenters. The van der Waals surface area contributed by atoms with Gasteiger partial charge in [0.05, 0.1) is 0 Å². The molecule has 0 fully saturated rings. The Labute approximate surface area is 75.2 Å². The fourth-order valence-corrected chi connectivity index (χ4v) is 2.18. The zero-order valence-corrected chi connectivity index (χ0v) is 9.18. The molecular formula is C10H16OSi. The minimum absolute atomic E-state index is 1.12. The molecule has 12 heavy (non-hydrogen) atoms. The second-order valence-corrected chi connectivity index (χ2v) is 7.55. The van der Waals surface area contributed by atoms with Crippen LogP contribution in [0.2, 0.25) is 13.1 Å². The molecule has 1 nitrogen and oxygen atoms in total. The maximum absolute atomic E-state index is 9.84. The highest BCUT2D eigenvalue weighted by Crippen LogP contribution is 2.06. The SMILES string of the molecule is Cc1ccc([Si](C)(C)O)cc1C. The van der Waals surface area contributed by atoms with E-state index in [-0.39, 0.29) is 0 Å². The summed E-state index contributed by atoms with van der Waals surface area (Å²) in [6.07, 6.45) is 0. The highest BCUT2D eigenvalue weighted by molar-refractivity contribution is 6.83. The van der Waals surface area contributed by atoms with Gasteiger partial charge >= 0.3 is 0 Å². The molecule has 0 aliphatic heterocycles. The molecule has 0 aliphatic rings. The lowest BCUT2D eigenvalue weighted by atomic mass is 10.1. The van der Waals surface area contributed by atoms with Crippen molar-refractivity contribution in [2.24, 2.45) is 0 Å². The van der Waals surface area contributed by atoms with Crippen molar-refractivity contribution in [3.8, 4) is 0 Å². The topological polar surface area (TPSA) is 20.2 Å². The summed E-state index contributed by atoms with van der Waals surface area (Å²) in [4.78, 5) is 9.84. The summed E-state index contributed by atoms with van der Waals surface area (Å²) in [5.41, 5.74) is 2.55. The van der Waals surface area contributed by atoms with Gasteiger partial charge in [0.1, 0.15) is 0 Å². The molecule has 66 valence electrons. The molecule has 1 aromatic rings. The van der Waals surface area contributed by atoms with Crippen LogP contribution in [0.1, 0.15) is 11.1 Å². The zero-order valence-electron chi connectivity index (χ0n) is 8.18. The van der Waals surface area contributed by atoms with Crippen molar-refractivity contribution >= 4 is 13.5 Å². The quantitative estimate of drug-likeness (QED) is 0.652. The Balaban J connectivity index is 3.14. The highest BCUT2D eigenvalue weighted by Gasteiger charge is 2.19. The number of benzene rings is 1. The van der Waals surface area contributed by atoms with Gasteiger partial charge in [-0.25, -0.2) is 0 Å². The van der Waals surface area contributed by atoms with Crippen LogP contribution in [0.15, 0.2) is 18.2 Å². The second kappa shape index (κ2) is 3.03. The molecule has 0 radical (unpaired) electrons. The van der Waals surface area contributed by atoms with Gasteiger partial charge in [0.25, 0.3) is 0 Å². The molecule has 0 heterocycles. The molecule has 0 spiro atoms. The summed E-state index contributed by atoms with van der Waals surface area (Å²) >= 11 is 0. The molecule has 0 aliphatic carbocycles. The van der Waals surface area contributed by atoms with E-state index in [1.54, 1.807) is 0 Å². The van der Waals surface area contributed by atoms with Gasteiger partial charge in [-0.05, 0) is 43.3 Å². The van der Waals surface area contributed by atoms with Gasteiger partial charge in [-0.2, -0.15) is 0 Å². The van der Waals surface area contributed by atoms with Gasteiger partial charge in [-0.3, -0.25) is 0 Å². The first-order valence-corrected chi connectivity index (χ1v) is 7.16. The Morgan fingerprint density at radius 2 is 1.67 bits per heavy atom. The standard InChI is InChI=1S/C10H16OSi/c1-8-5-6-10(7-9(8)2)12(3,4)11/h5-7,11H,1-4H3. The molecule has 1 N–H and O–H groups in total. The van der Waals surface area contributed by atoms with Gasteiger partial charge in [-0.15, -0.1) is 0 Å². The first-order valence-electron chi connectivity index (χ1n) is 4.21. The van der Waals surface area contributed by atoms with Crippen molar-refractivity contribution < 1.29 is 4.80 Å². The molecule has 0 bridgehead atoms. The largest absolute Gasteiger partial charge is 0.428 e. The lowest BCUT2D eigenvalue weighted by Gasteiger charge is -2.15. The fraction of sp³-hybridized carbons (Fsp3) is 0.400. The maximum Gasteiger partial charge on any atom is 0.213 e. The summed E-state index contributed by atoms with van der Waals surface area (Å²) in [5, 5.41) is 1.12. The van der Waals surface area contributed by atoms with Crippen LogP contribution in [-0.4, -0.2) is 13.1 Å². The van der Waals surface area contributed by atoms with Crippen LogP contribution >= 0.6 is 0 Å². The van der Waals surface area contributed by atoms with Crippen LogP contribution < -0.4 is 5.19 Å². The highest BCUT2D eigenvalue weighted by atomic mass is 28.4. The summed E-state index contributed by atoms with van der Waals surface area (Å²) < 4.78 is 0. The molecule has 0 aromatic heterocycles. The third-order valence-electron chi connectivity index (χ3n) is 2.21. The predicted octanol–water partition coefficient (Wildman–Crippen LogP) is 1.71. The first kappa shape index (κ1) is 9.48. The molecule has 0 amide bonds. The monoisotopic (exact) mass is 180 g/mol. The Morgan fingerprint density at radius 1 is 1.08 bits per heavy atom. The second-order valence-electron chi connectivity index (χ2n) is 3.86. The van der Waals surface area contributed by atoms with Crippen LogP contribution in [0.25, 0.3) is 0 Å². The third-order valence-corrected chi connectivity index (χ3v) is 3.94. The van der Waals surface area contributed by atoms with Gasteiger partial charge in [-0.1, -0.05) is 18.2 Å².